The molecule has 3 aromatic heterocycles. The topological polar surface area (TPSA) is 146 Å². The van der Waals surface area contributed by atoms with Gasteiger partial charge in [-0.2, -0.15) is 9.46 Å². The van der Waals surface area contributed by atoms with E-state index in [4.69, 9.17) is 14.2 Å². The largest absolute Gasteiger partial charge is 0.618 e. The highest BCUT2D eigenvalue weighted by molar-refractivity contribution is 5.91. The third kappa shape index (κ3) is 13.1. The smallest absolute Gasteiger partial charge is 0.405 e. The minimum absolute atomic E-state index is 0.0142. The summed E-state index contributed by atoms with van der Waals surface area (Å²) in [6.45, 7) is 10.4. The molecule has 9 rings (SSSR count). The lowest BCUT2D eigenvalue weighted by Gasteiger charge is -2.13. The zero-order valence-electron chi connectivity index (χ0n) is 43.7. The van der Waals surface area contributed by atoms with Crippen molar-refractivity contribution >= 4 is 17.9 Å². The van der Waals surface area contributed by atoms with Crippen molar-refractivity contribution < 1.29 is 38.1 Å². The Hall–Kier alpha value is -9.22. The van der Waals surface area contributed by atoms with Gasteiger partial charge in [-0.3, -0.25) is 0 Å². The molecule has 0 unspecified atom stereocenters. The third-order valence-corrected chi connectivity index (χ3v) is 12.6. The normalized spacial score (nSPS) is 10.5. The summed E-state index contributed by atoms with van der Waals surface area (Å²) >= 11 is 0. The number of aromatic nitrogens is 3. The molecule has 0 radical (unpaired) electrons. The maximum absolute atomic E-state index is 13.0. The SMILES string of the molecule is CCOC(=O)c1ccc(-c2ccc(CC)cc2)c(-c2ccccc2)[n+]1[O-].CCOC(=O)c1ccc(-c2ccc(CC)cc2)c(-c2ccccc2)n1.CCc1ccc(-c2ccc(C(=O)OC)[n+]([O-])c2-c2ccccc2)cc1. The van der Waals surface area contributed by atoms with Crippen LogP contribution in [0.1, 0.15) is 82.8 Å². The van der Waals surface area contributed by atoms with Gasteiger partial charge in [-0.1, -0.05) is 160 Å². The van der Waals surface area contributed by atoms with Gasteiger partial charge in [0.25, 0.3) is 0 Å². The Morgan fingerprint density at radius 1 is 0.395 bits per heavy atom. The molecule has 0 atom stereocenters. The van der Waals surface area contributed by atoms with Gasteiger partial charge in [-0.15, -0.1) is 0 Å². The molecule has 0 aliphatic heterocycles. The number of carbonyl (C=O) groups is 3. The molecule has 0 aliphatic rings. The molecule has 0 bridgehead atoms. The number of hydrogen-bond acceptors (Lipinski definition) is 9. The van der Waals surface area contributed by atoms with Gasteiger partial charge in [0, 0.05) is 34.4 Å². The second-order valence-electron chi connectivity index (χ2n) is 17.3. The predicted octanol–water partition coefficient (Wildman–Crippen LogP) is 13.6. The van der Waals surface area contributed by atoms with Crippen molar-refractivity contribution in [2.75, 3.05) is 20.3 Å². The van der Waals surface area contributed by atoms with E-state index in [9.17, 15) is 24.8 Å². The van der Waals surface area contributed by atoms with E-state index in [-0.39, 0.29) is 18.0 Å². The van der Waals surface area contributed by atoms with E-state index >= 15 is 0 Å². The number of aryl methyl sites for hydroxylation is 3. The van der Waals surface area contributed by atoms with Crippen LogP contribution in [-0.2, 0) is 33.5 Å². The fourth-order valence-electron chi connectivity index (χ4n) is 8.48. The highest BCUT2D eigenvalue weighted by Crippen LogP contribution is 2.34. The van der Waals surface area contributed by atoms with Crippen LogP contribution in [0.4, 0.5) is 0 Å². The number of nitrogens with zero attached hydrogens (tertiary/aromatic N) is 3. The number of rotatable bonds is 14. The van der Waals surface area contributed by atoms with Crippen molar-refractivity contribution in [2.45, 2.75) is 53.9 Å². The summed E-state index contributed by atoms with van der Waals surface area (Å²) in [4.78, 5) is 40.7. The van der Waals surface area contributed by atoms with Gasteiger partial charge in [-0.05, 0) is 115 Å². The number of esters is 3. The first-order valence-corrected chi connectivity index (χ1v) is 25.4. The van der Waals surface area contributed by atoms with Gasteiger partial charge in [0.15, 0.2) is 0 Å². The number of hydrogen-bond donors (Lipinski definition) is 0. The fourth-order valence-corrected chi connectivity index (χ4v) is 8.48. The molecule has 11 nitrogen and oxygen atoms in total. The second-order valence-corrected chi connectivity index (χ2v) is 17.3. The fraction of sp³-hybridized carbons (Fsp3) is 0.169. The summed E-state index contributed by atoms with van der Waals surface area (Å²) < 4.78 is 16.2. The Morgan fingerprint density at radius 2 is 0.750 bits per heavy atom. The van der Waals surface area contributed by atoms with E-state index in [1.54, 1.807) is 26.0 Å². The van der Waals surface area contributed by atoms with Crippen LogP contribution in [0.3, 0.4) is 0 Å². The summed E-state index contributed by atoms with van der Waals surface area (Å²) in [5.41, 5.74) is 13.7. The highest BCUT2D eigenvalue weighted by Gasteiger charge is 2.27. The van der Waals surface area contributed by atoms with Gasteiger partial charge in [0.1, 0.15) is 5.69 Å². The van der Waals surface area contributed by atoms with Crippen molar-refractivity contribution in [3.63, 3.8) is 0 Å². The van der Waals surface area contributed by atoms with E-state index in [1.807, 2.05) is 140 Å². The number of pyridine rings is 3. The monoisotopic (exact) mass is 1010 g/mol. The quantitative estimate of drug-likeness (QED) is 0.0449. The van der Waals surface area contributed by atoms with Crippen molar-refractivity contribution in [1.82, 2.24) is 4.98 Å². The number of methoxy groups -OCH3 is 1. The standard InChI is InChI=1S/C22H21NO3.C22H21NO2.C21H19NO3/c1-3-16-10-12-17(13-11-16)19-14-15-20(22(24)26-4-2)23(25)21(19)18-8-6-5-7-9-18;1-3-16-10-12-17(13-11-16)19-14-15-20(22(24)25-4-2)23-21(19)18-8-6-5-7-9-18;1-3-15-9-11-16(12-10-15)18-13-14-19(21(23)25-2)22(24)20(18)17-7-5-4-6-8-17/h5-15H,3-4H2,1-2H3;5-15H,3-4H2,1-2H3;4-14H,3H2,1-2H3. The molecule has 76 heavy (non-hydrogen) atoms. The molecule has 3 heterocycles. The molecule has 0 aliphatic carbocycles. The van der Waals surface area contributed by atoms with Crippen LogP contribution < -0.4 is 9.46 Å². The zero-order valence-corrected chi connectivity index (χ0v) is 43.7. The van der Waals surface area contributed by atoms with Crippen molar-refractivity contribution in [3.05, 3.63) is 244 Å². The average molecular weight is 1010 g/mol. The summed E-state index contributed by atoms with van der Waals surface area (Å²) in [5.74, 6) is -1.67. The third-order valence-electron chi connectivity index (χ3n) is 12.6. The van der Waals surface area contributed by atoms with Crippen LogP contribution in [0.25, 0.3) is 67.2 Å². The molecule has 0 amide bonds. The van der Waals surface area contributed by atoms with Crippen LogP contribution >= 0.6 is 0 Å². The molecular weight excluding hydrogens is 951 g/mol. The number of benzene rings is 6. The molecule has 384 valence electrons. The minimum atomic E-state index is -0.653. The Balaban J connectivity index is 0.000000166. The van der Waals surface area contributed by atoms with Gasteiger partial charge in [-0.25, -0.2) is 19.4 Å². The van der Waals surface area contributed by atoms with E-state index in [0.717, 1.165) is 75.0 Å². The van der Waals surface area contributed by atoms with Crippen molar-refractivity contribution in [1.29, 1.82) is 0 Å². The van der Waals surface area contributed by atoms with Gasteiger partial charge in [0.05, 0.1) is 37.1 Å². The molecule has 9 aromatic rings. The Kier molecular flexibility index (Phi) is 19.1. The van der Waals surface area contributed by atoms with Crippen LogP contribution in [0.5, 0.6) is 0 Å². The number of carbonyl (C=O) groups excluding carboxylic acids is 3. The van der Waals surface area contributed by atoms with E-state index in [0.29, 0.717) is 33.1 Å². The van der Waals surface area contributed by atoms with E-state index < -0.39 is 17.9 Å². The first-order chi connectivity index (χ1) is 37.0. The molecule has 11 heteroatoms. The predicted molar refractivity (Wildman–Crippen MR) is 299 cm³/mol. The molecule has 0 saturated carbocycles. The van der Waals surface area contributed by atoms with Gasteiger partial charge < -0.3 is 24.6 Å². The first-order valence-electron chi connectivity index (χ1n) is 25.4. The Morgan fingerprint density at radius 3 is 1.13 bits per heavy atom. The summed E-state index contributed by atoms with van der Waals surface area (Å²) in [6, 6.07) is 63.6. The summed E-state index contributed by atoms with van der Waals surface area (Å²) in [5, 5.41) is 25.9. The maximum Gasteiger partial charge on any atom is 0.405 e. The second kappa shape index (κ2) is 26.6. The zero-order chi connectivity index (χ0) is 54.0. The van der Waals surface area contributed by atoms with Gasteiger partial charge in [0.2, 0.25) is 11.4 Å². The Labute approximate surface area is 444 Å². The molecule has 0 N–H and O–H groups in total. The molecular formula is C65H61N3O8. The summed E-state index contributed by atoms with van der Waals surface area (Å²) in [7, 11) is 1.27. The molecule has 0 spiro atoms. The average Bonchev–Trinajstić information content (AvgIpc) is 3.49. The summed E-state index contributed by atoms with van der Waals surface area (Å²) in [6.07, 6.45) is 2.91. The first kappa shape index (κ1) is 54.6. The lowest BCUT2D eigenvalue weighted by atomic mass is 9.97. The number of ether oxygens (including phenoxy) is 3. The molecule has 0 fully saturated rings. The van der Waals surface area contributed by atoms with E-state index in [2.05, 4.69) is 62.2 Å². The lowest BCUT2D eigenvalue weighted by molar-refractivity contribution is -0.596. The minimum Gasteiger partial charge on any atom is -0.618 e. The molecule has 6 aromatic carbocycles. The van der Waals surface area contributed by atoms with Crippen molar-refractivity contribution in [3.8, 4) is 67.2 Å². The Bertz CT molecular complexity index is 3370. The van der Waals surface area contributed by atoms with E-state index in [1.165, 1.54) is 35.9 Å². The maximum atomic E-state index is 13.0. The van der Waals surface area contributed by atoms with Gasteiger partial charge >= 0.3 is 29.3 Å². The van der Waals surface area contributed by atoms with Crippen LogP contribution in [0, 0.1) is 10.4 Å². The lowest BCUT2D eigenvalue weighted by Crippen LogP contribution is -2.38. The van der Waals surface area contributed by atoms with Crippen LogP contribution in [0.2, 0.25) is 0 Å². The molecule has 0 saturated heterocycles. The van der Waals surface area contributed by atoms with Crippen LogP contribution in [-0.4, -0.2) is 43.2 Å². The van der Waals surface area contributed by atoms with Crippen molar-refractivity contribution in [2.24, 2.45) is 0 Å². The van der Waals surface area contributed by atoms with Crippen LogP contribution in [0.15, 0.2) is 200 Å². The highest BCUT2D eigenvalue weighted by atomic mass is 16.5.